The van der Waals surface area contributed by atoms with Gasteiger partial charge in [0.15, 0.2) is 0 Å². The molecule has 1 aromatic carbocycles. The normalized spacial score (nSPS) is 23.0. The van der Waals surface area contributed by atoms with Gasteiger partial charge in [-0.2, -0.15) is 0 Å². The number of hydrogen-bond donors (Lipinski definition) is 2. The quantitative estimate of drug-likeness (QED) is 0.891. The lowest BCUT2D eigenvalue weighted by Crippen LogP contribution is -2.42. The summed E-state index contributed by atoms with van der Waals surface area (Å²) < 4.78 is 6.39. The van der Waals surface area contributed by atoms with Gasteiger partial charge in [-0.15, -0.1) is 0 Å². The highest BCUT2D eigenvalue weighted by Gasteiger charge is 2.18. The van der Waals surface area contributed by atoms with Gasteiger partial charge >= 0.3 is 0 Å². The van der Waals surface area contributed by atoms with Crippen molar-refractivity contribution >= 4 is 15.9 Å². The molecule has 3 nitrogen and oxygen atoms in total. The second kappa shape index (κ2) is 5.77. The number of aliphatic hydroxyl groups excluding tert-OH is 1. The number of rotatable bonds is 3. The summed E-state index contributed by atoms with van der Waals surface area (Å²) >= 11 is 3.38. The first-order valence-corrected chi connectivity index (χ1v) is 6.29. The van der Waals surface area contributed by atoms with Crippen molar-refractivity contribution in [2.45, 2.75) is 18.6 Å². The predicted molar refractivity (Wildman–Crippen MR) is 66.3 cm³/mol. The average Bonchev–Trinajstić information content (AvgIpc) is 2.31. The first-order valence-electron chi connectivity index (χ1n) is 5.50. The maximum atomic E-state index is 10.1. The van der Waals surface area contributed by atoms with Crippen molar-refractivity contribution in [3.8, 4) is 0 Å². The maximum Gasteiger partial charge on any atom is 0.0805 e. The van der Waals surface area contributed by atoms with Crippen LogP contribution in [0.25, 0.3) is 0 Å². The molecule has 0 saturated carbocycles. The van der Waals surface area contributed by atoms with E-state index in [1.807, 2.05) is 24.3 Å². The number of ether oxygens (including phenoxy) is 1. The average molecular weight is 286 g/mol. The van der Waals surface area contributed by atoms with Crippen molar-refractivity contribution in [1.82, 2.24) is 5.32 Å². The summed E-state index contributed by atoms with van der Waals surface area (Å²) in [7, 11) is 0. The van der Waals surface area contributed by atoms with Crippen LogP contribution in [0.1, 0.15) is 18.1 Å². The van der Waals surface area contributed by atoms with E-state index in [1.54, 1.807) is 0 Å². The Morgan fingerprint density at radius 3 is 2.81 bits per heavy atom. The molecule has 88 valence electrons. The largest absolute Gasteiger partial charge is 0.388 e. The molecule has 2 rings (SSSR count). The van der Waals surface area contributed by atoms with Gasteiger partial charge < -0.3 is 15.2 Å². The van der Waals surface area contributed by atoms with Gasteiger partial charge in [-0.05, 0) is 24.1 Å². The number of benzene rings is 1. The Labute approximate surface area is 104 Å². The molecule has 1 heterocycles. The molecule has 2 N–H and O–H groups in total. The van der Waals surface area contributed by atoms with E-state index in [9.17, 15) is 5.11 Å². The van der Waals surface area contributed by atoms with Crippen LogP contribution in [-0.2, 0) is 4.74 Å². The molecular weight excluding hydrogens is 270 g/mol. The number of halogens is 1. The smallest absolute Gasteiger partial charge is 0.0805 e. The Morgan fingerprint density at radius 2 is 2.19 bits per heavy atom. The molecule has 1 fully saturated rings. The fourth-order valence-corrected chi connectivity index (χ4v) is 2.13. The van der Waals surface area contributed by atoms with Gasteiger partial charge in [0, 0.05) is 17.1 Å². The van der Waals surface area contributed by atoms with Gasteiger partial charge in [0.1, 0.15) is 0 Å². The van der Waals surface area contributed by atoms with E-state index in [1.165, 1.54) is 0 Å². The highest BCUT2D eigenvalue weighted by Crippen LogP contribution is 2.21. The standard InChI is InChI=1S/C12H16BrNO2/c13-10-3-1-9(2-4-10)12(15)7-11-8-16-6-5-14-11/h1-4,11-12,14-15H,5-8H2. The third-order valence-corrected chi connectivity index (χ3v) is 3.29. The van der Waals surface area contributed by atoms with Crippen molar-refractivity contribution < 1.29 is 9.84 Å². The molecule has 4 heteroatoms. The van der Waals surface area contributed by atoms with E-state index in [0.717, 1.165) is 23.2 Å². The summed E-state index contributed by atoms with van der Waals surface area (Å²) in [5.41, 5.74) is 0.954. The van der Waals surface area contributed by atoms with E-state index < -0.39 is 6.10 Å². The lowest BCUT2D eigenvalue weighted by Gasteiger charge is -2.25. The Morgan fingerprint density at radius 1 is 1.44 bits per heavy atom. The molecule has 16 heavy (non-hydrogen) atoms. The summed E-state index contributed by atoms with van der Waals surface area (Å²) in [5, 5.41) is 13.4. The minimum absolute atomic E-state index is 0.257. The lowest BCUT2D eigenvalue weighted by atomic mass is 10.0. The minimum atomic E-state index is -0.424. The van der Waals surface area contributed by atoms with E-state index in [0.29, 0.717) is 13.0 Å². The molecule has 0 bridgehead atoms. The first kappa shape index (κ1) is 12.0. The second-order valence-electron chi connectivity index (χ2n) is 4.03. The number of morpholine rings is 1. The van der Waals surface area contributed by atoms with Crippen LogP contribution >= 0.6 is 15.9 Å². The van der Waals surface area contributed by atoms with E-state index in [4.69, 9.17) is 4.74 Å². The van der Waals surface area contributed by atoms with Crippen LogP contribution in [-0.4, -0.2) is 30.9 Å². The summed E-state index contributed by atoms with van der Waals surface area (Å²) in [6.07, 6.45) is 0.272. The van der Waals surface area contributed by atoms with Crippen molar-refractivity contribution in [3.63, 3.8) is 0 Å². The third kappa shape index (κ3) is 3.28. The molecule has 2 atom stereocenters. The summed E-state index contributed by atoms with van der Waals surface area (Å²) in [5.74, 6) is 0. The zero-order valence-corrected chi connectivity index (χ0v) is 10.6. The van der Waals surface area contributed by atoms with Crippen molar-refractivity contribution in [1.29, 1.82) is 0 Å². The van der Waals surface area contributed by atoms with Crippen LogP contribution in [0.2, 0.25) is 0 Å². The SMILES string of the molecule is OC(CC1COCCN1)c1ccc(Br)cc1. The monoisotopic (exact) mass is 285 g/mol. The molecule has 2 unspecified atom stereocenters. The Bertz CT molecular complexity index is 322. The van der Waals surface area contributed by atoms with E-state index >= 15 is 0 Å². The Hall–Kier alpha value is -0.420. The Balaban J connectivity index is 1.91. The number of hydrogen-bond acceptors (Lipinski definition) is 3. The summed E-state index contributed by atoms with van der Waals surface area (Å²) in [4.78, 5) is 0. The van der Waals surface area contributed by atoms with E-state index in [-0.39, 0.29) is 6.04 Å². The van der Waals surface area contributed by atoms with Gasteiger partial charge in [-0.25, -0.2) is 0 Å². The molecule has 0 aliphatic carbocycles. The molecule has 0 amide bonds. The zero-order chi connectivity index (χ0) is 11.4. The van der Waals surface area contributed by atoms with Crippen LogP contribution in [0.15, 0.2) is 28.7 Å². The van der Waals surface area contributed by atoms with Crippen molar-refractivity contribution in [2.75, 3.05) is 19.8 Å². The predicted octanol–water partition coefficient (Wildman–Crippen LogP) is 1.86. The molecule has 1 saturated heterocycles. The third-order valence-electron chi connectivity index (χ3n) is 2.76. The van der Waals surface area contributed by atoms with Crippen LogP contribution in [0.3, 0.4) is 0 Å². The van der Waals surface area contributed by atoms with Gasteiger partial charge in [0.25, 0.3) is 0 Å². The van der Waals surface area contributed by atoms with Crippen LogP contribution < -0.4 is 5.32 Å². The first-order chi connectivity index (χ1) is 7.75. The van der Waals surface area contributed by atoms with Gasteiger partial charge in [0.05, 0.1) is 19.3 Å². The molecular formula is C12H16BrNO2. The number of nitrogens with one attached hydrogen (secondary N) is 1. The highest BCUT2D eigenvalue weighted by atomic mass is 79.9. The van der Waals surface area contributed by atoms with Crippen molar-refractivity contribution in [2.24, 2.45) is 0 Å². The maximum absolute atomic E-state index is 10.1. The fourth-order valence-electron chi connectivity index (χ4n) is 1.86. The molecule has 0 spiro atoms. The van der Waals surface area contributed by atoms with Gasteiger partial charge in [0.2, 0.25) is 0 Å². The zero-order valence-electron chi connectivity index (χ0n) is 9.03. The van der Waals surface area contributed by atoms with Crippen LogP contribution in [0, 0.1) is 0 Å². The fraction of sp³-hybridized carbons (Fsp3) is 0.500. The summed E-state index contributed by atoms with van der Waals surface area (Å²) in [6, 6.07) is 8.04. The van der Waals surface area contributed by atoms with E-state index in [2.05, 4.69) is 21.2 Å². The highest BCUT2D eigenvalue weighted by molar-refractivity contribution is 9.10. The topological polar surface area (TPSA) is 41.5 Å². The molecule has 1 aromatic rings. The van der Waals surface area contributed by atoms with Gasteiger partial charge in [-0.3, -0.25) is 0 Å². The van der Waals surface area contributed by atoms with Crippen molar-refractivity contribution in [3.05, 3.63) is 34.3 Å². The number of aliphatic hydroxyl groups is 1. The Kier molecular flexibility index (Phi) is 4.35. The molecule has 0 aromatic heterocycles. The van der Waals surface area contributed by atoms with Gasteiger partial charge in [-0.1, -0.05) is 28.1 Å². The summed E-state index contributed by atoms with van der Waals surface area (Å²) in [6.45, 7) is 2.33. The molecule has 0 radical (unpaired) electrons. The minimum Gasteiger partial charge on any atom is -0.388 e. The molecule has 1 aliphatic rings. The lowest BCUT2D eigenvalue weighted by molar-refractivity contribution is 0.0519. The van der Waals surface area contributed by atoms with Crippen LogP contribution in [0.5, 0.6) is 0 Å². The molecule has 1 aliphatic heterocycles. The van der Waals surface area contributed by atoms with Crippen LogP contribution in [0.4, 0.5) is 0 Å². The second-order valence-corrected chi connectivity index (χ2v) is 4.94.